The number of carbonyl (C=O) groups is 1. The van der Waals surface area contributed by atoms with Crippen LogP contribution < -0.4 is 0 Å². The van der Waals surface area contributed by atoms with E-state index in [9.17, 15) is 4.79 Å². The maximum atomic E-state index is 13.5. The van der Waals surface area contributed by atoms with Crippen molar-refractivity contribution in [2.45, 2.75) is 44.2 Å². The van der Waals surface area contributed by atoms with Gasteiger partial charge in [0.15, 0.2) is 0 Å². The van der Waals surface area contributed by atoms with Gasteiger partial charge in [0.25, 0.3) is 5.91 Å². The second-order valence-corrected chi connectivity index (χ2v) is 7.41. The van der Waals surface area contributed by atoms with Crippen molar-refractivity contribution < 1.29 is 4.79 Å². The van der Waals surface area contributed by atoms with Crippen LogP contribution in [0.25, 0.3) is 10.9 Å². The molecule has 1 saturated carbocycles. The summed E-state index contributed by atoms with van der Waals surface area (Å²) in [7, 11) is 0. The number of likely N-dealkylation sites (tertiary alicyclic amines) is 1. The molecule has 5 rings (SSSR count). The molecule has 0 unspecified atom stereocenters. The van der Waals surface area contributed by atoms with E-state index >= 15 is 0 Å². The van der Waals surface area contributed by atoms with Crippen LogP contribution in [0.15, 0.2) is 48.8 Å². The molecule has 0 N–H and O–H groups in total. The Labute approximate surface area is 152 Å². The monoisotopic (exact) mass is 346 g/mol. The summed E-state index contributed by atoms with van der Waals surface area (Å²) < 4.78 is 1.93. The molecule has 1 amide bonds. The number of benzene rings is 1. The van der Waals surface area contributed by atoms with Crippen LogP contribution in [0.3, 0.4) is 0 Å². The number of carbonyl (C=O) groups excluding carboxylic acids is 1. The van der Waals surface area contributed by atoms with E-state index in [1.807, 2.05) is 52.2 Å². The highest BCUT2D eigenvalue weighted by Crippen LogP contribution is 2.40. The molecule has 5 heteroatoms. The normalized spacial score (nSPS) is 20.0. The van der Waals surface area contributed by atoms with Crippen LogP contribution in [0, 0.1) is 0 Å². The smallest absolute Gasteiger partial charge is 0.254 e. The average Bonchev–Trinajstić information content (AvgIpc) is 3.21. The Hall–Kier alpha value is -2.69. The van der Waals surface area contributed by atoms with Gasteiger partial charge in [-0.05, 0) is 43.9 Å². The highest BCUT2D eigenvalue weighted by molar-refractivity contribution is 6.06. The van der Waals surface area contributed by atoms with Crippen molar-refractivity contribution in [3.8, 4) is 0 Å². The van der Waals surface area contributed by atoms with Crippen molar-refractivity contribution in [1.29, 1.82) is 0 Å². The molecule has 2 aromatic heterocycles. The topological polar surface area (TPSA) is 51.0 Å². The second kappa shape index (κ2) is 6.24. The molecular weight excluding hydrogens is 324 g/mol. The van der Waals surface area contributed by atoms with E-state index in [1.54, 1.807) is 6.20 Å². The number of para-hydroxylation sites is 1. The zero-order valence-corrected chi connectivity index (χ0v) is 14.7. The maximum absolute atomic E-state index is 13.5. The number of amides is 1. The first kappa shape index (κ1) is 15.6. The van der Waals surface area contributed by atoms with Crippen molar-refractivity contribution in [3.05, 3.63) is 60.0 Å². The Morgan fingerprint density at radius 3 is 2.85 bits per heavy atom. The van der Waals surface area contributed by atoms with E-state index < -0.39 is 0 Å². The van der Waals surface area contributed by atoms with Gasteiger partial charge in [-0.2, -0.15) is 5.10 Å². The summed E-state index contributed by atoms with van der Waals surface area (Å²) in [6.07, 6.45) is 8.21. The van der Waals surface area contributed by atoms with Gasteiger partial charge >= 0.3 is 0 Å². The van der Waals surface area contributed by atoms with Crippen LogP contribution in [0.2, 0.25) is 0 Å². The van der Waals surface area contributed by atoms with E-state index in [-0.39, 0.29) is 11.9 Å². The summed E-state index contributed by atoms with van der Waals surface area (Å²) in [5.74, 6) is 0.671. The minimum atomic E-state index is 0.139. The lowest BCUT2D eigenvalue weighted by Crippen LogP contribution is -2.38. The summed E-state index contributed by atoms with van der Waals surface area (Å²) >= 11 is 0. The molecule has 2 fully saturated rings. The number of hydrogen-bond donors (Lipinski definition) is 0. The highest BCUT2D eigenvalue weighted by Gasteiger charge is 2.32. The lowest BCUT2D eigenvalue weighted by atomic mass is 10.0. The molecule has 3 aromatic rings. The number of pyridine rings is 1. The van der Waals surface area contributed by atoms with E-state index in [0.717, 1.165) is 48.1 Å². The maximum Gasteiger partial charge on any atom is 0.254 e. The van der Waals surface area contributed by atoms with Crippen LogP contribution in [-0.2, 0) is 6.54 Å². The molecule has 132 valence electrons. The van der Waals surface area contributed by atoms with Crippen LogP contribution in [-0.4, -0.2) is 38.2 Å². The fraction of sp³-hybridized carbons (Fsp3) is 0.381. The first-order valence-corrected chi connectivity index (χ1v) is 9.48. The Morgan fingerprint density at radius 2 is 2.04 bits per heavy atom. The number of aromatic nitrogens is 3. The lowest BCUT2D eigenvalue weighted by Gasteiger charge is -2.25. The third-order valence-corrected chi connectivity index (χ3v) is 5.56. The summed E-state index contributed by atoms with van der Waals surface area (Å²) in [6.45, 7) is 1.58. The minimum Gasteiger partial charge on any atom is -0.334 e. The predicted octanol–water partition coefficient (Wildman–Crippen LogP) is 3.61. The average molecular weight is 346 g/mol. The van der Waals surface area contributed by atoms with E-state index in [1.165, 1.54) is 12.8 Å². The Morgan fingerprint density at radius 1 is 1.15 bits per heavy atom. The Balaban J connectivity index is 1.51. The third kappa shape index (κ3) is 2.77. The van der Waals surface area contributed by atoms with Crippen molar-refractivity contribution in [2.75, 3.05) is 6.54 Å². The SMILES string of the molecule is O=C(c1cc(C2CC2)nc2ccccc12)N1CCC[C@H]1Cn1cccn1. The molecule has 5 nitrogen and oxygen atoms in total. The molecule has 0 bridgehead atoms. The van der Waals surface area contributed by atoms with Crippen LogP contribution >= 0.6 is 0 Å². The van der Waals surface area contributed by atoms with E-state index in [4.69, 9.17) is 4.98 Å². The zero-order chi connectivity index (χ0) is 17.5. The molecular formula is C21H22N4O. The van der Waals surface area contributed by atoms with Crippen molar-refractivity contribution >= 4 is 16.8 Å². The van der Waals surface area contributed by atoms with Gasteiger partial charge in [-0.3, -0.25) is 14.5 Å². The van der Waals surface area contributed by atoms with Gasteiger partial charge in [-0.15, -0.1) is 0 Å². The summed E-state index contributed by atoms with van der Waals surface area (Å²) in [5, 5.41) is 5.27. The highest BCUT2D eigenvalue weighted by atomic mass is 16.2. The van der Waals surface area contributed by atoms with Gasteiger partial charge in [0.2, 0.25) is 0 Å². The first-order valence-electron chi connectivity index (χ1n) is 9.48. The fourth-order valence-corrected chi connectivity index (χ4v) is 4.03. The number of nitrogens with zero attached hydrogens (tertiary/aromatic N) is 4. The minimum absolute atomic E-state index is 0.139. The predicted molar refractivity (Wildman–Crippen MR) is 100 cm³/mol. The van der Waals surface area contributed by atoms with Crippen molar-refractivity contribution in [2.24, 2.45) is 0 Å². The zero-order valence-electron chi connectivity index (χ0n) is 14.7. The van der Waals surface area contributed by atoms with Gasteiger partial charge < -0.3 is 4.90 Å². The van der Waals surface area contributed by atoms with Crippen LogP contribution in [0.1, 0.15) is 47.7 Å². The van der Waals surface area contributed by atoms with E-state index in [0.29, 0.717) is 5.92 Å². The Kier molecular flexibility index (Phi) is 3.73. The van der Waals surface area contributed by atoms with E-state index in [2.05, 4.69) is 5.10 Å². The first-order chi connectivity index (χ1) is 12.8. The van der Waals surface area contributed by atoms with Crippen molar-refractivity contribution in [1.82, 2.24) is 19.7 Å². The van der Waals surface area contributed by atoms with Crippen molar-refractivity contribution in [3.63, 3.8) is 0 Å². The molecule has 1 atom stereocenters. The number of hydrogen-bond acceptors (Lipinski definition) is 3. The number of fused-ring (bicyclic) bond motifs is 1. The number of rotatable bonds is 4. The van der Waals surface area contributed by atoms with Crippen LogP contribution in [0.4, 0.5) is 0 Å². The lowest BCUT2D eigenvalue weighted by molar-refractivity contribution is 0.0723. The van der Waals surface area contributed by atoms with Gasteiger partial charge in [-0.25, -0.2) is 0 Å². The molecule has 1 aliphatic heterocycles. The molecule has 26 heavy (non-hydrogen) atoms. The molecule has 1 saturated heterocycles. The Bertz CT molecular complexity index is 946. The summed E-state index contributed by atoms with van der Waals surface area (Å²) in [4.78, 5) is 20.3. The molecule has 0 radical (unpaired) electrons. The molecule has 2 aliphatic rings. The van der Waals surface area contributed by atoms with Gasteiger partial charge in [0.05, 0.1) is 23.7 Å². The summed E-state index contributed by atoms with van der Waals surface area (Å²) in [6, 6.07) is 12.2. The van der Waals surface area contributed by atoms with Crippen LogP contribution in [0.5, 0.6) is 0 Å². The summed E-state index contributed by atoms with van der Waals surface area (Å²) in [5.41, 5.74) is 2.82. The van der Waals surface area contributed by atoms with Gasteiger partial charge in [-0.1, -0.05) is 18.2 Å². The molecule has 1 aromatic carbocycles. The van der Waals surface area contributed by atoms with Gasteiger partial charge in [0.1, 0.15) is 0 Å². The standard InChI is InChI=1S/C21H22N4O/c26-21(25-12-3-5-16(25)14-24-11-4-10-22-24)18-13-20(15-8-9-15)23-19-7-2-1-6-17(18)19/h1-2,4,6-7,10-11,13,15-16H,3,5,8-9,12,14H2/t16-/m0/s1. The molecule has 3 heterocycles. The molecule has 0 spiro atoms. The fourth-order valence-electron chi connectivity index (χ4n) is 4.03. The second-order valence-electron chi connectivity index (χ2n) is 7.41. The molecule has 1 aliphatic carbocycles. The third-order valence-electron chi connectivity index (χ3n) is 5.56. The quantitative estimate of drug-likeness (QED) is 0.725. The van der Waals surface area contributed by atoms with Gasteiger partial charge in [0, 0.05) is 35.9 Å². The largest absolute Gasteiger partial charge is 0.334 e.